The molecule has 2 N–H and O–H groups in total. The number of imidazole rings is 1. The second-order valence-corrected chi connectivity index (χ2v) is 3.55. The maximum Gasteiger partial charge on any atom is 0.122 e. The van der Waals surface area contributed by atoms with Crippen molar-refractivity contribution in [3.63, 3.8) is 0 Å². The van der Waals surface area contributed by atoms with Gasteiger partial charge >= 0.3 is 0 Å². The monoisotopic (exact) mass is 197 g/mol. The number of nitrogens with one attached hydrogen (secondary N) is 1. The molecule has 0 fully saturated rings. The maximum atomic E-state index is 8.83. The Bertz CT molecular complexity index is 260. The van der Waals surface area contributed by atoms with Crippen molar-refractivity contribution < 1.29 is 5.11 Å². The highest BCUT2D eigenvalue weighted by Gasteiger charge is 2.02. The van der Waals surface area contributed by atoms with Gasteiger partial charge in [0.25, 0.3) is 0 Å². The first-order valence-corrected chi connectivity index (χ1v) is 5.09. The van der Waals surface area contributed by atoms with E-state index in [-0.39, 0.29) is 6.61 Å². The topological polar surface area (TPSA) is 50.1 Å². The third-order valence-electron chi connectivity index (χ3n) is 2.23. The van der Waals surface area contributed by atoms with Gasteiger partial charge in [-0.3, -0.25) is 0 Å². The van der Waals surface area contributed by atoms with Crippen molar-refractivity contribution in [3.8, 4) is 0 Å². The van der Waals surface area contributed by atoms with Crippen LogP contribution < -0.4 is 5.32 Å². The molecule has 0 spiro atoms. The van der Waals surface area contributed by atoms with Crippen LogP contribution in [-0.4, -0.2) is 27.8 Å². The zero-order valence-electron chi connectivity index (χ0n) is 8.90. The van der Waals surface area contributed by atoms with Gasteiger partial charge in [-0.25, -0.2) is 4.98 Å². The molecule has 0 bridgehead atoms. The molecule has 0 saturated heterocycles. The normalized spacial score (nSPS) is 13.1. The lowest BCUT2D eigenvalue weighted by molar-refractivity contribution is 0.233. The van der Waals surface area contributed by atoms with Crippen LogP contribution in [0.4, 0.5) is 0 Å². The van der Waals surface area contributed by atoms with Crippen LogP contribution in [0.3, 0.4) is 0 Å². The number of aromatic nitrogens is 2. The molecule has 4 heteroatoms. The largest absolute Gasteiger partial charge is 0.396 e. The molecule has 1 rings (SSSR count). The van der Waals surface area contributed by atoms with E-state index in [1.165, 1.54) is 0 Å². The van der Waals surface area contributed by atoms with E-state index in [4.69, 9.17) is 5.11 Å². The molecule has 4 nitrogen and oxygen atoms in total. The van der Waals surface area contributed by atoms with Crippen LogP contribution in [0.1, 0.15) is 19.7 Å². The van der Waals surface area contributed by atoms with Gasteiger partial charge in [0, 0.05) is 32.1 Å². The Balaban J connectivity index is 2.31. The molecule has 0 aliphatic heterocycles. The molecule has 1 aromatic rings. The van der Waals surface area contributed by atoms with Crippen molar-refractivity contribution >= 4 is 0 Å². The predicted molar refractivity (Wildman–Crippen MR) is 55.9 cm³/mol. The summed E-state index contributed by atoms with van der Waals surface area (Å²) in [7, 11) is 0. The lowest BCUT2D eigenvalue weighted by Gasteiger charge is -2.09. The summed E-state index contributed by atoms with van der Waals surface area (Å²) in [6, 6.07) is 0. The number of aliphatic hydroxyl groups excluding tert-OH is 1. The zero-order valence-corrected chi connectivity index (χ0v) is 8.90. The highest BCUT2D eigenvalue weighted by molar-refractivity contribution is 4.91. The van der Waals surface area contributed by atoms with Crippen LogP contribution in [0, 0.1) is 5.92 Å². The van der Waals surface area contributed by atoms with Crippen molar-refractivity contribution in [2.45, 2.75) is 26.9 Å². The number of nitrogens with zero attached hydrogens (tertiary/aromatic N) is 2. The van der Waals surface area contributed by atoms with Gasteiger partial charge in [-0.15, -0.1) is 0 Å². The Kier molecular flexibility index (Phi) is 4.62. The minimum absolute atomic E-state index is 0.231. The van der Waals surface area contributed by atoms with Crippen molar-refractivity contribution in [1.82, 2.24) is 14.9 Å². The molecule has 14 heavy (non-hydrogen) atoms. The molecule has 0 aliphatic carbocycles. The Hall–Kier alpha value is -0.870. The second kappa shape index (κ2) is 5.78. The molecule has 1 heterocycles. The van der Waals surface area contributed by atoms with Crippen LogP contribution in [-0.2, 0) is 13.1 Å². The van der Waals surface area contributed by atoms with Gasteiger partial charge in [-0.2, -0.15) is 0 Å². The van der Waals surface area contributed by atoms with Crippen molar-refractivity contribution in [1.29, 1.82) is 0 Å². The van der Waals surface area contributed by atoms with Gasteiger partial charge in [0.1, 0.15) is 5.82 Å². The van der Waals surface area contributed by atoms with Crippen LogP contribution in [0.2, 0.25) is 0 Å². The van der Waals surface area contributed by atoms with E-state index in [9.17, 15) is 0 Å². The van der Waals surface area contributed by atoms with E-state index < -0.39 is 0 Å². The fourth-order valence-electron chi connectivity index (χ4n) is 1.29. The van der Waals surface area contributed by atoms with Crippen molar-refractivity contribution in [2.24, 2.45) is 5.92 Å². The number of aliphatic hydroxyl groups is 1. The third-order valence-corrected chi connectivity index (χ3v) is 2.23. The molecular weight excluding hydrogens is 178 g/mol. The summed E-state index contributed by atoms with van der Waals surface area (Å²) in [5.41, 5.74) is 0. The quantitative estimate of drug-likeness (QED) is 0.703. The number of rotatable bonds is 6. The van der Waals surface area contributed by atoms with Crippen molar-refractivity contribution in [2.75, 3.05) is 13.2 Å². The third kappa shape index (κ3) is 3.12. The Morgan fingerprint density at radius 3 is 3.07 bits per heavy atom. The second-order valence-electron chi connectivity index (χ2n) is 3.55. The molecule has 1 unspecified atom stereocenters. The van der Waals surface area contributed by atoms with Crippen molar-refractivity contribution in [3.05, 3.63) is 18.2 Å². The van der Waals surface area contributed by atoms with Gasteiger partial charge in [-0.05, 0) is 12.8 Å². The smallest absolute Gasteiger partial charge is 0.122 e. The van der Waals surface area contributed by atoms with Crippen LogP contribution >= 0.6 is 0 Å². The average Bonchev–Trinajstić information content (AvgIpc) is 2.65. The first-order valence-electron chi connectivity index (χ1n) is 5.09. The molecule has 0 aliphatic rings. The summed E-state index contributed by atoms with van der Waals surface area (Å²) < 4.78 is 2.11. The molecule has 0 aromatic carbocycles. The van der Waals surface area contributed by atoms with E-state index in [2.05, 4.69) is 21.8 Å². The minimum atomic E-state index is 0.231. The Morgan fingerprint density at radius 1 is 1.64 bits per heavy atom. The standard InChI is InChI=1S/C10H19N3O/c1-3-13-5-4-12-10(13)7-11-6-9(2)8-14/h4-5,9,11,14H,3,6-8H2,1-2H3. The summed E-state index contributed by atoms with van der Waals surface area (Å²) in [5, 5.41) is 12.1. The van der Waals surface area contributed by atoms with E-state index in [0.717, 1.165) is 25.5 Å². The SMILES string of the molecule is CCn1ccnc1CNCC(C)CO. The van der Waals surface area contributed by atoms with E-state index >= 15 is 0 Å². The Labute approximate surface area is 85.0 Å². The van der Waals surface area contributed by atoms with E-state index in [1.807, 2.05) is 19.3 Å². The summed E-state index contributed by atoms with van der Waals surface area (Å²) in [4.78, 5) is 4.25. The van der Waals surface area contributed by atoms with Gasteiger partial charge in [-0.1, -0.05) is 6.92 Å². The molecule has 0 saturated carbocycles. The highest BCUT2D eigenvalue weighted by Crippen LogP contribution is 1.97. The number of hydrogen-bond donors (Lipinski definition) is 2. The number of aryl methyl sites for hydroxylation is 1. The molecule has 0 amide bonds. The molecule has 80 valence electrons. The number of hydrogen-bond acceptors (Lipinski definition) is 3. The molecule has 0 radical (unpaired) electrons. The fourth-order valence-corrected chi connectivity index (χ4v) is 1.29. The van der Waals surface area contributed by atoms with Crippen LogP contribution in [0.25, 0.3) is 0 Å². The Morgan fingerprint density at radius 2 is 2.43 bits per heavy atom. The molecular formula is C10H19N3O. The summed E-state index contributed by atoms with van der Waals surface area (Å²) in [6.45, 7) is 6.89. The maximum absolute atomic E-state index is 8.83. The fraction of sp³-hybridized carbons (Fsp3) is 0.700. The van der Waals surface area contributed by atoms with Crippen LogP contribution in [0.15, 0.2) is 12.4 Å². The zero-order chi connectivity index (χ0) is 10.4. The first kappa shape index (κ1) is 11.2. The van der Waals surface area contributed by atoms with Gasteiger partial charge in [0.05, 0.1) is 6.54 Å². The van der Waals surface area contributed by atoms with Gasteiger partial charge < -0.3 is 15.0 Å². The van der Waals surface area contributed by atoms with E-state index in [1.54, 1.807) is 0 Å². The van der Waals surface area contributed by atoms with E-state index in [0.29, 0.717) is 5.92 Å². The summed E-state index contributed by atoms with van der Waals surface area (Å²) in [5.74, 6) is 1.36. The lowest BCUT2D eigenvalue weighted by atomic mass is 10.2. The van der Waals surface area contributed by atoms with Gasteiger partial charge in [0.15, 0.2) is 0 Å². The first-order chi connectivity index (χ1) is 6.77. The lowest BCUT2D eigenvalue weighted by Crippen LogP contribution is -2.24. The van der Waals surface area contributed by atoms with Crippen LogP contribution in [0.5, 0.6) is 0 Å². The minimum Gasteiger partial charge on any atom is -0.396 e. The molecule has 1 atom stereocenters. The summed E-state index contributed by atoms with van der Waals surface area (Å²) >= 11 is 0. The molecule has 1 aromatic heterocycles. The predicted octanol–water partition coefficient (Wildman–Crippen LogP) is 0.621. The van der Waals surface area contributed by atoms with Gasteiger partial charge in [0.2, 0.25) is 0 Å². The summed E-state index contributed by atoms with van der Waals surface area (Å²) in [6.07, 6.45) is 3.79. The average molecular weight is 197 g/mol. The highest BCUT2D eigenvalue weighted by atomic mass is 16.3.